The summed E-state index contributed by atoms with van der Waals surface area (Å²) in [5.74, 6) is -1.32. The van der Waals surface area contributed by atoms with E-state index in [2.05, 4.69) is 22.9 Å². The topological polar surface area (TPSA) is 140 Å². The Kier molecular flexibility index (Phi) is 6.86. The summed E-state index contributed by atoms with van der Waals surface area (Å²) in [4.78, 5) is 46.7. The smallest absolute Gasteiger partial charge is 0.338 e. The van der Waals surface area contributed by atoms with Crippen molar-refractivity contribution in [1.82, 2.24) is 10.6 Å². The minimum absolute atomic E-state index is 0.0115. The maximum atomic E-state index is 12.2. The van der Waals surface area contributed by atoms with Crippen molar-refractivity contribution in [3.63, 3.8) is 0 Å². The number of amides is 3. The number of rotatable bonds is 7. The molecule has 0 heterocycles. The molecular weight excluding hydrogens is 392 g/mol. The summed E-state index contributed by atoms with van der Waals surface area (Å²) >= 11 is 0. The first kappa shape index (κ1) is 21.5. The number of esters is 1. The highest BCUT2D eigenvalue weighted by Gasteiger charge is 2.26. The average molecular weight is 418 g/mol. The Morgan fingerprint density at radius 3 is 2.57 bits per heavy atom. The van der Waals surface area contributed by atoms with E-state index in [9.17, 15) is 24.5 Å². The van der Waals surface area contributed by atoms with Gasteiger partial charge in [0.25, 0.3) is 11.6 Å². The van der Waals surface area contributed by atoms with E-state index >= 15 is 0 Å². The van der Waals surface area contributed by atoms with Crippen LogP contribution in [-0.2, 0) is 9.53 Å². The van der Waals surface area contributed by atoms with Crippen LogP contribution >= 0.6 is 0 Å². The van der Waals surface area contributed by atoms with Crippen molar-refractivity contribution in [2.75, 3.05) is 11.9 Å². The molecule has 30 heavy (non-hydrogen) atoms. The van der Waals surface area contributed by atoms with Crippen LogP contribution in [-0.4, -0.2) is 41.5 Å². The third-order valence-electron chi connectivity index (χ3n) is 5.38. The van der Waals surface area contributed by atoms with Crippen molar-refractivity contribution in [2.24, 2.45) is 5.92 Å². The summed E-state index contributed by atoms with van der Waals surface area (Å²) in [6.45, 7) is 1.39. The summed E-state index contributed by atoms with van der Waals surface area (Å²) in [6, 6.07) is 3.56. The Bertz CT molecular complexity index is 839. The molecule has 0 bridgehead atoms. The Morgan fingerprint density at radius 2 is 1.90 bits per heavy atom. The Morgan fingerprint density at radius 1 is 1.17 bits per heavy atom. The summed E-state index contributed by atoms with van der Waals surface area (Å²) in [7, 11) is 0. The van der Waals surface area contributed by atoms with Crippen LogP contribution < -0.4 is 16.0 Å². The van der Waals surface area contributed by atoms with Crippen LogP contribution in [0.2, 0.25) is 0 Å². The molecule has 0 aliphatic heterocycles. The molecule has 1 aromatic carbocycles. The lowest BCUT2D eigenvalue weighted by Gasteiger charge is -2.29. The van der Waals surface area contributed by atoms with Gasteiger partial charge in [0.05, 0.1) is 10.5 Å². The first-order valence-corrected chi connectivity index (χ1v) is 10.2. The van der Waals surface area contributed by atoms with Crippen LogP contribution in [0.1, 0.15) is 55.8 Å². The van der Waals surface area contributed by atoms with E-state index < -0.39 is 29.4 Å². The van der Waals surface area contributed by atoms with Gasteiger partial charge in [-0.2, -0.15) is 0 Å². The summed E-state index contributed by atoms with van der Waals surface area (Å²) in [5.41, 5.74) is 0.0588. The fraction of sp³-hybridized carbons (Fsp3) is 0.550. The van der Waals surface area contributed by atoms with Gasteiger partial charge in [0.1, 0.15) is 5.69 Å². The van der Waals surface area contributed by atoms with Crippen LogP contribution in [0.15, 0.2) is 18.2 Å². The van der Waals surface area contributed by atoms with Gasteiger partial charge in [0.2, 0.25) is 0 Å². The van der Waals surface area contributed by atoms with Crippen LogP contribution in [0.4, 0.5) is 16.2 Å². The molecule has 2 saturated carbocycles. The van der Waals surface area contributed by atoms with Crippen LogP contribution in [0.5, 0.6) is 0 Å². The third-order valence-corrected chi connectivity index (χ3v) is 5.38. The van der Waals surface area contributed by atoms with E-state index in [0.29, 0.717) is 11.6 Å². The zero-order chi connectivity index (χ0) is 21.7. The van der Waals surface area contributed by atoms with Gasteiger partial charge < -0.3 is 15.4 Å². The minimum Gasteiger partial charge on any atom is -0.452 e. The normalized spacial score (nSPS) is 20.7. The molecule has 0 saturated heterocycles. The van der Waals surface area contributed by atoms with Crippen molar-refractivity contribution < 1.29 is 24.0 Å². The standard InChI is InChI=1S/C20H26N4O6/c1-12-4-2-3-5-15(12)22-20(27)23-18(25)11-30-19(26)13-6-9-16(21-14-7-8-14)17(10-13)24(28)29/h6,9-10,12,14-15,21H,2-5,7-8,11H2,1H3,(H2,22,23,25,27)/t12-,15+/m0/s1. The van der Waals surface area contributed by atoms with Crippen molar-refractivity contribution >= 4 is 29.3 Å². The quantitative estimate of drug-likeness (QED) is 0.351. The lowest BCUT2D eigenvalue weighted by molar-refractivity contribution is -0.384. The Balaban J connectivity index is 1.49. The van der Waals surface area contributed by atoms with E-state index in [1.807, 2.05) is 0 Å². The zero-order valence-corrected chi connectivity index (χ0v) is 16.8. The summed E-state index contributed by atoms with van der Waals surface area (Å²) in [6.07, 6.45) is 5.94. The van der Waals surface area contributed by atoms with Crippen LogP contribution in [0, 0.1) is 16.0 Å². The minimum atomic E-state index is -0.882. The number of benzene rings is 1. The van der Waals surface area contributed by atoms with Crippen LogP contribution in [0.25, 0.3) is 0 Å². The fourth-order valence-corrected chi connectivity index (χ4v) is 3.49. The molecule has 10 heteroatoms. The SMILES string of the molecule is C[C@H]1CCCC[C@H]1NC(=O)NC(=O)COC(=O)c1ccc(NC2CC2)c([N+](=O)[O-])c1. The molecule has 162 valence electrons. The number of hydrogen-bond donors (Lipinski definition) is 3. The van der Waals surface area contributed by atoms with Gasteiger partial charge in [-0.25, -0.2) is 9.59 Å². The third kappa shape index (κ3) is 5.91. The number of hydrogen-bond acceptors (Lipinski definition) is 7. The summed E-state index contributed by atoms with van der Waals surface area (Å²) < 4.78 is 4.90. The van der Waals surface area contributed by atoms with Gasteiger partial charge >= 0.3 is 12.0 Å². The van der Waals surface area contributed by atoms with E-state index in [0.717, 1.165) is 44.6 Å². The number of carbonyl (C=O) groups is 3. The van der Waals surface area contributed by atoms with Gasteiger partial charge in [-0.1, -0.05) is 19.8 Å². The first-order chi connectivity index (χ1) is 14.3. The van der Waals surface area contributed by atoms with Crippen LogP contribution in [0.3, 0.4) is 0 Å². The predicted molar refractivity (Wildman–Crippen MR) is 108 cm³/mol. The van der Waals surface area contributed by atoms with Crippen molar-refractivity contribution in [2.45, 2.75) is 57.5 Å². The van der Waals surface area contributed by atoms with Crippen molar-refractivity contribution in [1.29, 1.82) is 0 Å². The highest BCUT2D eigenvalue weighted by atomic mass is 16.6. The second-order valence-electron chi connectivity index (χ2n) is 7.87. The van der Waals surface area contributed by atoms with Crippen molar-refractivity contribution in [3.8, 4) is 0 Å². The van der Waals surface area contributed by atoms with Gasteiger partial charge in [0.15, 0.2) is 6.61 Å². The number of imide groups is 1. The van der Waals surface area contributed by atoms with Gasteiger partial charge in [-0.3, -0.25) is 20.2 Å². The Labute approximate surface area is 173 Å². The molecule has 10 nitrogen and oxygen atoms in total. The second-order valence-corrected chi connectivity index (χ2v) is 7.87. The van der Waals surface area contributed by atoms with E-state index in [-0.39, 0.29) is 23.3 Å². The zero-order valence-electron chi connectivity index (χ0n) is 16.8. The number of nitro groups is 1. The van der Waals surface area contributed by atoms with E-state index in [1.165, 1.54) is 12.1 Å². The predicted octanol–water partition coefficient (Wildman–Crippen LogP) is 2.73. The Hall–Kier alpha value is -3.17. The first-order valence-electron chi connectivity index (χ1n) is 10.2. The maximum absolute atomic E-state index is 12.2. The summed E-state index contributed by atoms with van der Waals surface area (Å²) in [5, 5.41) is 19.2. The number of urea groups is 1. The molecule has 3 amide bonds. The monoisotopic (exact) mass is 418 g/mol. The number of nitrogens with one attached hydrogen (secondary N) is 3. The highest BCUT2D eigenvalue weighted by molar-refractivity contribution is 5.97. The molecule has 0 aromatic heterocycles. The number of anilines is 1. The molecule has 2 aliphatic carbocycles. The fourth-order valence-electron chi connectivity index (χ4n) is 3.49. The molecule has 2 fully saturated rings. The lowest BCUT2D eigenvalue weighted by Crippen LogP contribution is -2.48. The number of ether oxygens (including phenoxy) is 1. The molecule has 3 rings (SSSR count). The van der Waals surface area contributed by atoms with Gasteiger partial charge in [0, 0.05) is 18.2 Å². The molecule has 0 radical (unpaired) electrons. The maximum Gasteiger partial charge on any atom is 0.338 e. The largest absolute Gasteiger partial charge is 0.452 e. The molecule has 2 atom stereocenters. The van der Waals surface area contributed by atoms with Crippen molar-refractivity contribution in [3.05, 3.63) is 33.9 Å². The van der Waals surface area contributed by atoms with E-state index in [1.54, 1.807) is 0 Å². The number of carbonyl (C=O) groups excluding carboxylic acids is 3. The number of nitro benzene ring substituents is 1. The lowest BCUT2D eigenvalue weighted by atomic mass is 9.86. The average Bonchev–Trinajstić information content (AvgIpc) is 3.52. The molecule has 0 unspecified atom stereocenters. The van der Waals surface area contributed by atoms with Gasteiger partial charge in [-0.15, -0.1) is 0 Å². The second kappa shape index (κ2) is 9.55. The molecule has 3 N–H and O–H groups in total. The molecule has 1 aromatic rings. The van der Waals surface area contributed by atoms with E-state index in [4.69, 9.17) is 4.74 Å². The number of nitrogens with zero attached hydrogens (tertiary/aromatic N) is 1. The van der Waals surface area contributed by atoms with Gasteiger partial charge in [-0.05, 0) is 43.7 Å². The molecular formula is C20H26N4O6. The molecule has 0 spiro atoms. The highest BCUT2D eigenvalue weighted by Crippen LogP contribution is 2.31. The molecule has 2 aliphatic rings.